The van der Waals surface area contributed by atoms with Crippen LogP contribution in [0.4, 0.5) is 10.1 Å². The molecule has 0 spiro atoms. The monoisotopic (exact) mass is 295 g/mol. The number of rotatable bonds is 5. The zero-order valence-corrected chi connectivity index (χ0v) is 11.4. The second kappa shape index (κ2) is 5.98. The van der Waals surface area contributed by atoms with Crippen molar-refractivity contribution >= 4 is 15.7 Å². The van der Waals surface area contributed by atoms with Crippen molar-refractivity contribution in [3.05, 3.63) is 54.1 Å². The van der Waals surface area contributed by atoms with Crippen molar-refractivity contribution in [1.82, 2.24) is 9.71 Å². The molecule has 1 heterocycles. The molecule has 2 rings (SSSR count). The standard InChI is InChI=1S/C13H14FN3O2S/c14-10-4-5-13(12(15)9-10)20(18,19)17-8-6-11-3-1-2-7-16-11/h1-5,7,9,17H,6,8,15H2. The van der Waals surface area contributed by atoms with Crippen LogP contribution >= 0.6 is 0 Å². The first-order valence-corrected chi connectivity index (χ1v) is 7.42. The van der Waals surface area contributed by atoms with Crippen molar-refractivity contribution < 1.29 is 12.8 Å². The van der Waals surface area contributed by atoms with E-state index in [0.29, 0.717) is 6.42 Å². The summed E-state index contributed by atoms with van der Waals surface area (Å²) in [6.45, 7) is 0.191. The highest BCUT2D eigenvalue weighted by atomic mass is 32.2. The molecule has 7 heteroatoms. The number of nitrogens with two attached hydrogens (primary N) is 1. The minimum atomic E-state index is -3.75. The topological polar surface area (TPSA) is 85.1 Å². The molecule has 0 fully saturated rings. The SMILES string of the molecule is Nc1cc(F)ccc1S(=O)(=O)NCCc1ccccn1. The molecule has 0 amide bonds. The summed E-state index contributed by atoms with van der Waals surface area (Å²) in [4.78, 5) is 3.97. The highest BCUT2D eigenvalue weighted by Crippen LogP contribution is 2.18. The first kappa shape index (κ1) is 14.4. The van der Waals surface area contributed by atoms with Crippen molar-refractivity contribution in [2.75, 3.05) is 12.3 Å². The first-order chi connectivity index (χ1) is 9.49. The molecule has 0 radical (unpaired) electrons. The Morgan fingerprint density at radius 1 is 1.25 bits per heavy atom. The zero-order chi connectivity index (χ0) is 14.6. The minimum Gasteiger partial charge on any atom is -0.398 e. The summed E-state index contributed by atoms with van der Waals surface area (Å²) in [7, 11) is -3.75. The molecule has 0 aliphatic rings. The van der Waals surface area contributed by atoms with Gasteiger partial charge in [0.2, 0.25) is 10.0 Å². The van der Waals surface area contributed by atoms with Crippen molar-refractivity contribution in [3.63, 3.8) is 0 Å². The molecule has 20 heavy (non-hydrogen) atoms. The Bertz CT molecular complexity index is 690. The van der Waals surface area contributed by atoms with Gasteiger partial charge in [-0.05, 0) is 30.3 Å². The largest absolute Gasteiger partial charge is 0.398 e. The Morgan fingerprint density at radius 2 is 2.05 bits per heavy atom. The quantitative estimate of drug-likeness (QED) is 0.815. The van der Waals surface area contributed by atoms with Crippen LogP contribution in [0.5, 0.6) is 0 Å². The lowest BCUT2D eigenvalue weighted by Crippen LogP contribution is -2.27. The number of nitrogen functional groups attached to an aromatic ring is 1. The minimum absolute atomic E-state index is 0.115. The normalized spacial score (nSPS) is 11.4. The Hall–Kier alpha value is -1.99. The van der Waals surface area contributed by atoms with E-state index in [0.717, 1.165) is 23.9 Å². The summed E-state index contributed by atoms with van der Waals surface area (Å²) in [5.41, 5.74) is 6.18. The van der Waals surface area contributed by atoms with E-state index in [1.807, 2.05) is 6.07 Å². The van der Waals surface area contributed by atoms with Crippen molar-refractivity contribution in [2.45, 2.75) is 11.3 Å². The van der Waals surface area contributed by atoms with Gasteiger partial charge in [0.1, 0.15) is 10.7 Å². The smallest absolute Gasteiger partial charge is 0.242 e. The summed E-state index contributed by atoms with van der Waals surface area (Å²) in [6.07, 6.45) is 2.10. The Balaban J connectivity index is 2.04. The molecule has 1 aromatic heterocycles. The third-order valence-electron chi connectivity index (χ3n) is 2.66. The number of halogens is 1. The highest BCUT2D eigenvalue weighted by Gasteiger charge is 2.17. The summed E-state index contributed by atoms with van der Waals surface area (Å²) in [6, 6.07) is 8.60. The number of hydrogen-bond acceptors (Lipinski definition) is 4. The van der Waals surface area contributed by atoms with Gasteiger partial charge in [-0.15, -0.1) is 0 Å². The zero-order valence-electron chi connectivity index (χ0n) is 10.6. The van der Waals surface area contributed by atoms with Crippen LogP contribution in [0.3, 0.4) is 0 Å². The van der Waals surface area contributed by atoms with Gasteiger partial charge < -0.3 is 5.73 Å². The van der Waals surface area contributed by atoms with E-state index in [1.165, 1.54) is 0 Å². The maximum atomic E-state index is 12.9. The van der Waals surface area contributed by atoms with Crippen LogP contribution in [0.15, 0.2) is 47.5 Å². The Morgan fingerprint density at radius 3 is 2.70 bits per heavy atom. The molecule has 5 nitrogen and oxygen atoms in total. The van der Waals surface area contributed by atoms with E-state index in [1.54, 1.807) is 18.3 Å². The average Bonchev–Trinajstić information content (AvgIpc) is 2.39. The van der Waals surface area contributed by atoms with E-state index >= 15 is 0 Å². The molecule has 2 aromatic rings. The van der Waals surface area contributed by atoms with Crippen LogP contribution in [-0.2, 0) is 16.4 Å². The number of hydrogen-bond donors (Lipinski definition) is 2. The number of anilines is 1. The van der Waals surface area contributed by atoms with E-state index in [4.69, 9.17) is 5.73 Å². The molecule has 1 aromatic carbocycles. The predicted molar refractivity (Wildman–Crippen MR) is 73.9 cm³/mol. The van der Waals surface area contributed by atoms with E-state index in [9.17, 15) is 12.8 Å². The van der Waals surface area contributed by atoms with Crippen LogP contribution < -0.4 is 10.5 Å². The van der Waals surface area contributed by atoms with Gasteiger partial charge >= 0.3 is 0 Å². The first-order valence-electron chi connectivity index (χ1n) is 5.93. The van der Waals surface area contributed by atoms with Crippen molar-refractivity contribution in [2.24, 2.45) is 0 Å². The lowest BCUT2D eigenvalue weighted by Gasteiger charge is -2.08. The van der Waals surface area contributed by atoms with Gasteiger partial charge in [-0.25, -0.2) is 17.5 Å². The van der Waals surface area contributed by atoms with Gasteiger partial charge in [0.25, 0.3) is 0 Å². The third-order valence-corrected chi connectivity index (χ3v) is 4.20. The van der Waals surface area contributed by atoms with Crippen LogP contribution in [0.25, 0.3) is 0 Å². The molecule has 0 aliphatic heterocycles. The van der Waals surface area contributed by atoms with Crippen molar-refractivity contribution in [3.8, 4) is 0 Å². The lowest BCUT2D eigenvalue weighted by atomic mass is 10.3. The fraction of sp³-hybridized carbons (Fsp3) is 0.154. The number of aromatic nitrogens is 1. The molecule has 3 N–H and O–H groups in total. The average molecular weight is 295 g/mol. The summed E-state index contributed by atoms with van der Waals surface area (Å²) < 4.78 is 39.4. The van der Waals surface area contributed by atoms with Gasteiger partial charge in [-0.1, -0.05) is 6.07 Å². The number of pyridine rings is 1. The van der Waals surface area contributed by atoms with E-state index in [-0.39, 0.29) is 17.1 Å². The lowest BCUT2D eigenvalue weighted by molar-refractivity contribution is 0.581. The Kier molecular flexibility index (Phi) is 4.31. The molecule has 0 aliphatic carbocycles. The molecular formula is C13H14FN3O2S. The van der Waals surface area contributed by atoms with Gasteiger partial charge in [0.05, 0.1) is 5.69 Å². The van der Waals surface area contributed by atoms with Crippen LogP contribution in [0.2, 0.25) is 0 Å². The van der Waals surface area contributed by atoms with Crippen LogP contribution in [0.1, 0.15) is 5.69 Å². The maximum absolute atomic E-state index is 12.9. The fourth-order valence-electron chi connectivity index (χ4n) is 1.70. The molecule has 106 valence electrons. The highest BCUT2D eigenvalue weighted by molar-refractivity contribution is 7.89. The number of nitrogens with one attached hydrogen (secondary N) is 1. The Labute approximate surface area is 116 Å². The van der Waals surface area contributed by atoms with Gasteiger partial charge in [-0.2, -0.15) is 0 Å². The predicted octanol–water partition coefficient (Wildman–Crippen LogP) is 1.32. The fourth-order valence-corrected chi connectivity index (χ4v) is 2.84. The summed E-state index contributed by atoms with van der Waals surface area (Å²) in [5, 5.41) is 0. The van der Waals surface area contributed by atoms with E-state index < -0.39 is 15.8 Å². The molecule has 0 saturated carbocycles. The van der Waals surface area contributed by atoms with Crippen LogP contribution in [-0.4, -0.2) is 19.9 Å². The van der Waals surface area contributed by atoms with Gasteiger partial charge in [0.15, 0.2) is 0 Å². The summed E-state index contributed by atoms with van der Waals surface area (Å²) >= 11 is 0. The maximum Gasteiger partial charge on any atom is 0.242 e. The third kappa shape index (κ3) is 3.52. The molecule has 0 unspecified atom stereocenters. The number of benzene rings is 1. The molecule has 0 atom stereocenters. The van der Waals surface area contributed by atoms with Gasteiger partial charge in [0, 0.05) is 24.9 Å². The molecule has 0 bridgehead atoms. The number of nitrogens with zero attached hydrogens (tertiary/aromatic N) is 1. The second-order valence-corrected chi connectivity index (χ2v) is 5.89. The van der Waals surface area contributed by atoms with Gasteiger partial charge in [-0.3, -0.25) is 4.98 Å². The summed E-state index contributed by atoms with van der Waals surface area (Å²) in [5.74, 6) is -0.574. The molecular weight excluding hydrogens is 281 g/mol. The second-order valence-electron chi connectivity index (χ2n) is 4.15. The van der Waals surface area contributed by atoms with E-state index in [2.05, 4.69) is 9.71 Å². The van der Waals surface area contributed by atoms with Crippen molar-refractivity contribution in [1.29, 1.82) is 0 Å². The van der Waals surface area contributed by atoms with Crippen LogP contribution in [0, 0.1) is 5.82 Å². The number of sulfonamides is 1. The molecule has 0 saturated heterocycles.